The van der Waals surface area contributed by atoms with E-state index in [0.717, 1.165) is 12.1 Å². The molecule has 1 aliphatic rings. The molecule has 0 bridgehead atoms. The highest BCUT2D eigenvalue weighted by atomic mass is 35.5. The number of phenolic OH excluding ortho intramolecular Hbond substituents is 1. The zero-order valence-corrected chi connectivity index (χ0v) is 11.6. The minimum Gasteiger partial charge on any atom is -0.508 e. The average molecular weight is 272 g/mol. The van der Waals surface area contributed by atoms with Gasteiger partial charge in [-0.3, -0.25) is 0 Å². The van der Waals surface area contributed by atoms with Gasteiger partial charge in [-0.25, -0.2) is 0 Å². The van der Waals surface area contributed by atoms with E-state index in [2.05, 4.69) is 12.2 Å². The molecule has 2 rings (SSSR count). The predicted octanol–water partition coefficient (Wildman–Crippen LogP) is 3.42. The topological polar surface area (TPSA) is 32.3 Å². The summed E-state index contributed by atoms with van der Waals surface area (Å²) in [6, 6.07) is 5.24. The number of phenols is 1. The second-order valence-corrected chi connectivity index (χ2v) is 6.83. The third-order valence-electron chi connectivity index (χ3n) is 3.20. The summed E-state index contributed by atoms with van der Waals surface area (Å²) in [6.07, 6.45) is 2.57. The van der Waals surface area contributed by atoms with E-state index in [0.29, 0.717) is 16.3 Å². The Balaban J connectivity index is 1.90. The van der Waals surface area contributed by atoms with Gasteiger partial charge in [-0.15, -0.1) is 0 Å². The van der Waals surface area contributed by atoms with E-state index in [4.69, 9.17) is 11.6 Å². The molecule has 0 amide bonds. The van der Waals surface area contributed by atoms with E-state index >= 15 is 0 Å². The Bertz CT molecular complexity index is 371. The number of rotatable bonds is 4. The van der Waals surface area contributed by atoms with Crippen LogP contribution in [-0.4, -0.2) is 22.2 Å². The summed E-state index contributed by atoms with van der Waals surface area (Å²) in [4.78, 5) is 0. The van der Waals surface area contributed by atoms with Crippen LogP contribution in [0, 0.1) is 0 Å². The van der Waals surface area contributed by atoms with E-state index < -0.39 is 0 Å². The quantitative estimate of drug-likeness (QED) is 0.880. The second-order valence-electron chi connectivity index (χ2n) is 4.74. The largest absolute Gasteiger partial charge is 0.508 e. The van der Waals surface area contributed by atoms with Crippen molar-refractivity contribution in [2.75, 3.05) is 12.3 Å². The molecule has 1 heterocycles. The maximum absolute atomic E-state index is 9.72. The monoisotopic (exact) mass is 271 g/mol. The molecule has 1 saturated heterocycles. The van der Waals surface area contributed by atoms with Gasteiger partial charge in [0.2, 0.25) is 0 Å². The van der Waals surface area contributed by atoms with Crippen molar-refractivity contribution < 1.29 is 5.11 Å². The molecule has 1 aromatic rings. The van der Waals surface area contributed by atoms with Gasteiger partial charge in [-0.05, 0) is 37.7 Å². The van der Waals surface area contributed by atoms with Gasteiger partial charge in [0.05, 0.1) is 0 Å². The summed E-state index contributed by atoms with van der Waals surface area (Å²) >= 11 is 8.08. The first-order valence-corrected chi connectivity index (χ1v) is 7.28. The number of halogens is 1. The van der Waals surface area contributed by atoms with Gasteiger partial charge in [-0.1, -0.05) is 17.7 Å². The van der Waals surface area contributed by atoms with E-state index in [1.165, 1.54) is 18.6 Å². The van der Waals surface area contributed by atoms with E-state index in [1.54, 1.807) is 12.1 Å². The van der Waals surface area contributed by atoms with Gasteiger partial charge in [0.1, 0.15) is 5.75 Å². The fraction of sp³-hybridized carbons (Fsp3) is 0.538. The first kappa shape index (κ1) is 13.1. The number of aromatic hydroxyl groups is 1. The fourth-order valence-electron chi connectivity index (χ4n) is 2.15. The van der Waals surface area contributed by atoms with Crippen molar-refractivity contribution in [2.45, 2.75) is 31.1 Å². The third-order valence-corrected chi connectivity index (χ3v) is 5.09. The van der Waals surface area contributed by atoms with Crippen LogP contribution in [0.15, 0.2) is 18.2 Å². The zero-order valence-electron chi connectivity index (χ0n) is 10.0. The Morgan fingerprint density at radius 2 is 2.35 bits per heavy atom. The van der Waals surface area contributed by atoms with Crippen molar-refractivity contribution in [1.29, 1.82) is 0 Å². The lowest BCUT2D eigenvalue weighted by molar-refractivity contribution is 0.461. The lowest BCUT2D eigenvalue weighted by atomic mass is 10.1. The molecule has 2 N–H and O–H groups in total. The summed E-state index contributed by atoms with van der Waals surface area (Å²) in [5, 5.41) is 13.7. The molecule has 1 unspecified atom stereocenters. The Morgan fingerprint density at radius 1 is 1.53 bits per heavy atom. The van der Waals surface area contributed by atoms with Crippen LogP contribution < -0.4 is 5.32 Å². The van der Waals surface area contributed by atoms with Gasteiger partial charge >= 0.3 is 0 Å². The molecular formula is C13H18ClNOS. The lowest BCUT2D eigenvalue weighted by Gasteiger charge is -2.23. The Morgan fingerprint density at radius 3 is 3.00 bits per heavy atom. The summed E-state index contributed by atoms with van der Waals surface area (Å²) in [6.45, 7) is 3.88. The normalized spacial score (nSPS) is 24.1. The fourth-order valence-corrected chi connectivity index (χ4v) is 3.66. The van der Waals surface area contributed by atoms with Crippen molar-refractivity contribution in [3.8, 4) is 5.75 Å². The van der Waals surface area contributed by atoms with Crippen LogP contribution in [0.4, 0.5) is 0 Å². The van der Waals surface area contributed by atoms with Crippen molar-refractivity contribution >= 4 is 23.4 Å². The van der Waals surface area contributed by atoms with Crippen LogP contribution in [0.3, 0.4) is 0 Å². The van der Waals surface area contributed by atoms with Crippen LogP contribution in [0.2, 0.25) is 5.02 Å². The highest BCUT2D eigenvalue weighted by Gasteiger charge is 2.28. The van der Waals surface area contributed by atoms with Gasteiger partial charge < -0.3 is 10.4 Å². The molecule has 0 saturated carbocycles. The van der Waals surface area contributed by atoms with Crippen molar-refractivity contribution in [3.05, 3.63) is 28.8 Å². The molecule has 1 atom stereocenters. The molecule has 0 radical (unpaired) electrons. The molecule has 0 spiro atoms. The van der Waals surface area contributed by atoms with E-state index in [1.807, 2.05) is 17.8 Å². The molecular weight excluding hydrogens is 254 g/mol. The van der Waals surface area contributed by atoms with E-state index in [-0.39, 0.29) is 5.75 Å². The SMILES string of the molecule is CC1(CNCc2c(O)cccc2Cl)CCCS1. The van der Waals surface area contributed by atoms with Gasteiger partial charge in [-0.2, -0.15) is 11.8 Å². The Labute approximate surface area is 112 Å². The van der Waals surface area contributed by atoms with Crippen LogP contribution in [0.5, 0.6) is 5.75 Å². The molecule has 1 aromatic carbocycles. The third kappa shape index (κ3) is 3.30. The molecule has 1 aliphatic heterocycles. The number of benzene rings is 1. The molecule has 0 aliphatic carbocycles. The predicted molar refractivity (Wildman–Crippen MR) is 74.9 cm³/mol. The highest BCUT2D eigenvalue weighted by molar-refractivity contribution is 8.00. The number of hydrogen-bond donors (Lipinski definition) is 2. The molecule has 94 valence electrons. The zero-order chi connectivity index (χ0) is 12.3. The van der Waals surface area contributed by atoms with Gasteiger partial charge in [0, 0.05) is 28.4 Å². The van der Waals surface area contributed by atoms with Gasteiger partial charge in [0.25, 0.3) is 0 Å². The summed E-state index contributed by atoms with van der Waals surface area (Å²) in [7, 11) is 0. The van der Waals surface area contributed by atoms with Crippen LogP contribution in [-0.2, 0) is 6.54 Å². The van der Waals surface area contributed by atoms with Crippen molar-refractivity contribution in [3.63, 3.8) is 0 Å². The van der Waals surface area contributed by atoms with Crippen LogP contribution in [0.1, 0.15) is 25.3 Å². The minimum absolute atomic E-state index is 0.272. The number of thioether (sulfide) groups is 1. The van der Waals surface area contributed by atoms with Crippen LogP contribution >= 0.6 is 23.4 Å². The summed E-state index contributed by atoms with van der Waals surface area (Å²) < 4.78 is 0.344. The first-order chi connectivity index (χ1) is 8.11. The highest BCUT2D eigenvalue weighted by Crippen LogP contribution is 2.37. The Hall–Kier alpha value is -0.380. The maximum atomic E-state index is 9.72. The molecule has 17 heavy (non-hydrogen) atoms. The lowest BCUT2D eigenvalue weighted by Crippen LogP contribution is -2.32. The molecule has 0 aromatic heterocycles. The maximum Gasteiger partial charge on any atom is 0.121 e. The Kier molecular flexibility index (Phi) is 4.23. The first-order valence-electron chi connectivity index (χ1n) is 5.92. The van der Waals surface area contributed by atoms with Crippen molar-refractivity contribution in [2.24, 2.45) is 0 Å². The minimum atomic E-state index is 0.272. The number of hydrogen-bond acceptors (Lipinski definition) is 3. The van der Waals surface area contributed by atoms with Gasteiger partial charge in [0.15, 0.2) is 0 Å². The second kappa shape index (κ2) is 5.51. The molecule has 1 fully saturated rings. The van der Waals surface area contributed by atoms with Crippen molar-refractivity contribution in [1.82, 2.24) is 5.32 Å². The number of nitrogens with one attached hydrogen (secondary N) is 1. The smallest absolute Gasteiger partial charge is 0.121 e. The average Bonchev–Trinajstić information content (AvgIpc) is 2.70. The summed E-state index contributed by atoms with van der Waals surface area (Å²) in [5.74, 6) is 1.53. The summed E-state index contributed by atoms with van der Waals surface area (Å²) in [5.41, 5.74) is 0.792. The molecule has 2 nitrogen and oxygen atoms in total. The van der Waals surface area contributed by atoms with E-state index in [9.17, 15) is 5.11 Å². The molecule has 4 heteroatoms. The van der Waals surface area contributed by atoms with Crippen LogP contribution in [0.25, 0.3) is 0 Å². The standard InChI is InChI=1S/C13H18ClNOS/c1-13(6-3-7-17-13)9-15-8-10-11(14)4-2-5-12(10)16/h2,4-5,15-16H,3,6-9H2,1H3.